The zero-order valence-electron chi connectivity index (χ0n) is 20.1. The van der Waals surface area contributed by atoms with E-state index >= 15 is 0 Å². The van der Waals surface area contributed by atoms with E-state index in [1.165, 1.54) is 0 Å². The lowest BCUT2D eigenvalue weighted by Crippen LogP contribution is -2.46. The van der Waals surface area contributed by atoms with Crippen molar-refractivity contribution < 1.29 is 14.3 Å². The molecule has 0 atom stereocenters. The van der Waals surface area contributed by atoms with Gasteiger partial charge in [-0.2, -0.15) is 0 Å². The molecular formula is C25H38N4O3. The summed E-state index contributed by atoms with van der Waals surface area (Å²) in [5.41, 5.74) is 1.75. The van der Waals surface area contributed by atoms with Crippen LogP contribution >= 0.6 is 0 Å². The van der Waals surface area contributed by atoms with Gasteiger partial charge in [-0.25, -0.2) is 4.79 Å². The van der Waals surface area contributed by atoms with Gasteiger partial charge in [-0.3, -0.25) is 4.79 Å². The van der Waals surface area contributed by atoms with Crippen molar-refractivity contribution in [2.75, 3.05) is 31.6 Å². The molecule has 0 saturated carbocycles. The molecule has 1 aromatic carbocycles. The Morgan fingerprint density at radius 1 is 1.09 bits per heavy atom. The summed E-state index contributed by atoms with van der Waals surface area (Å²) in [5, 5.41) is 2.92. The summed E-state index contributed by atoms with van der Waals surface area (Å²) in [7, 11) is 1.98. The van der Waals surface area contributed by atoms with Crippen LogP contribution in [0.1, 0.15) is 46.2 Å². The molecule has 0 saturated heterocycles. The highest BCUT2D eigenvalue weighted by atomic mass is 16.5. The molecule has 0 bridgehead atoms. The number of hydrogen-bond donors (Lipinski definition) is 1. The van der Waals surface area contributed by atoms with E-state index in [4.69, 9.17) is 4.74 Å². The number of carbonyl (C=O) groups excluding carboxylic acids is 2. The molecule has 0 aliphatic rings. The van der Waals surface area contributed by atoms with E-state index in [1.807, 2.05) is 67.7 Å². The molecule has 3 amide bonds. The first-order valence-corrected chi connectivity index (χ1v) is 11.5. The van der Waals surface area contributed by atoms with Crippen molar-refractivity contribution in [3.63, 3.8) is 0 Å². The summed E-state index contributed by atoms with van der Waals surface area (Å²) in [6, 6.07) is 11.0. The zero-order chi connectivity index (χ0) is 23.5. The number of anilines is 1. The number of unbranched alkanes of at least 4 members (excludes halogenated alkanes) is 1. The Morgan fingerprint density at radius 2 is 1.81 bits per heavy atom. The minimum Gasteiger partial charge on any atom is -0.494 e. The highest BCUT2D eigenvalue weighted by Gasteiger charge is 2.23. The molecule has 32 heavy (non-hydrogen) atoms. The standard InChI is InChI=1S/C25H38N4O3/c1-6-8-16-28(18-22-10-9-15-27(22)5)24(30)19-29(17-20(3)4)25(31)26-21-11-13-23(14-12-21)32-7-2/h9-15,20H,6-8,16-19H2,1-5H3,(H,26,31). The minimum absolute atomic E-state index is 0.0397. The largest absolute Gasteiger partial charge is 0.494 e. The molecular weight excluding hydrogens is 404 g/mol. The number of ether oxygens (including phenoxy) is 1. The van der Waals surface area contributed by atoms with E-state index in [1.54, 1.807) is 17.0 Å². The zero-order valence-corrected chi connectivity index (χ0v) is 20.1. The lowest BCUT2D eigenvalue weighted by molar-refractivity contribution is -0.132. The minimum atomic E-state index is -0.273. The van der Waals surface area contributed by atoms with Gasteiger partial charge in [0.25, 0.3) is 0 Å². The van der Waals surface area contributed by atoms with Crippen LogP contribution in [0, 0.1) is 5.92 Å². The quantitative estimate of drug-likeness (QED) is 0.516. The maximum absolute atomic E-state index is 13.2. The first kappa shape index (κ1) is 25.3. The predicted molar refractivity (Wildman–Crippen MR) is 129 cm³/mol. The van der Waals surface area contributed by atoms with E-state index in [9.17, 15) is 9.59 Å². The number of nitrogens with zero attached hydrogens (tertiary/aromatic N) is 3. The van der Waals surface area contributed by atoms with Crippen molar-refractivity contribution >= 4 is 17.6 Å². The van der Waals surface area contributed by atoms with Crippen LogP contribution in [0.25, 0.3) is 0 Å². The highest BCUT2D eigenvalue weighted by Crippen LogP contribution is 2.17. The van der Waals surface area contributed by atoms with Gasteiger partial charge in [0, 0.05) is 37.7 Å². The molecule has 1 aromatic heterocycles. The second-order valence-electron chi connectivity index (χ2n) is 8.44. The molecule has 2 aromatic rings. The third-order valence-corrected chi connectivity index (χ3v) is 5.15. The Kier molecular flexibility index (Phi) is 10.1. The molecule has 0 radical (unpaired) electrons. The van der Waals surface area contributed by atoms with Crippen molar-refractivity contribution in [3.05, 3.63) is 48.3 Å². The molecule has 176 valence electrons. The Balaban J connectivity index is 2.09. The number of carbonyl (C=O) groups is 2. The summed E-state index contributed by atoms with van der Waals surface area (Å²) in [5.74, 6) is 0.958. The molecule has 1 N–H and O–H groups in total. The number of hydrogen-bond acceptors (Lipinski definition) is 3. The molecule has 0 aliphatic carbocycles. The second kappa shape index (κ2) is 12.8. The fourth-order valence-corrected chi connectivity index (χ4v) is 3.42. The van der Waals surface area contributed by atoms with E-state index in [0.29, 0.717) is 31.9 Å². The molecule has 0 spiro atoms. The average Bonchev–Trinajstić information content (AvgIpc) is 3.16. The average molecular weight is 443 g/mol. The Hall–Kier alpha value is -2.96. The number of rotatable bonds is 12. The predicted octanol–water partition coefficient (Wildman–Crippen LogP) is 4.74. The fourth-order valence-electron chi connectivity index (χ4n) is 3.42. The smallest absolute Gasteiger partial charge is 0.322 e. The monoisotopic (exact) mass is 442 g/mol. The summed E-state index contributed by atoms with van der Waals surface area (Å²) in [4.78, 5) is 29.7. The Morgan fingerprint density at radius 3 is 2.38 bits per heavy atom. The van der Waals surface area contributed by atoms with Gasteiger partial charge in [0.05, 0.1) is 13.2 Å². The number of benzene rings is 1. The Labute approximate surface area is 192 Å². The van der Waals surface area contributed by atoms with Gasteiger partial charge in [-0.05, 0) is 55.7 Å². The summed E-state index contributed by atoms with van der Waals surface area (Å²) >= 11 is 0. The topological polar surface area (TPSA) is 66.8 Å². The molecule has 0 unspecified atom stereocenters. The molecule has 7 heteroatoms. The molecule has 7 nitrogen and oxygen atoms in total. The van der Waals surface area contributed by atoms with Crippen LogP contribution in [0.5, 0.6) is 5.75 Å². The van der Waals surface area contributed by atoms with Crippen LogP contribution in [-0.2, 0) is 18.4 Å². The highest BCUT2D eigenvalue weighted by molar-refractivity contribution is 5.92. The molecule has 0 fully saturated rings. The van der Waals surface area contributed by atoms with Crippen LogP contribution in [0.4, 0.5) is 10.5 Å². The summed E-state index contributed by atoms with van der Waals surface area (Å²) in [6.45, 7) is 10.5. The van der Waals surface area contributed by atoms with Crippen molar-refractivity contribution in [2.45, 2.75) is 47.1 Å². The van der Waals surface area contributed by atoms with Gasteiger partial charge in [-0.1, -0.05) is 27.2 Å². The lowest BCUT2D eigenvalue weighted by Gasteiger charge is -2.29. The van der Waals surface area contributed by atoms with E-state index in [0.717, 1.165) is 24.3 Å². The van der Waals surface area contributed by atoms with Crippen LogP contribution in [0.3, 0.4) is 0 Å². The van der Waals surface area contributed by atoms with Crippen molar-refractivity contribution in [1.82, 2.24) is 14.4 Å². The third kappa shape index (κ3) is 7.94. The van der Waals surface area contributed by atoms with Gasteiger partial charge < -0.3 is 24.4 Å². The summed E-state index contributed by atoms with van der Waals surface area (Å²) < 4.78 is 7.48. The summed E-state index contributed by atoms with van der Waals surface area (Å²) in [6.07, 6.45) is 3.91. The Bertz CT molecular complexity index is 845. The number of amides is 3. The number of urea groups is 1. The lowest BCUT2D eigenvalue weighted by atomic mass is 10.2. The van der Waals surface area contributed by atoms with E-state index in [2.05, 4.69) is 12.2 Å². The van der Waals surface area contributed by atoms with Crippen LogP contribution in [0.15, 0.2) is 42.6 Å². The molecule has 1 heterocycles. The number of aryl methyl sites for hydroxylation is 1. The van der Waals surface area contributed by atoms with Crippen molar-refractivity contribution in [3.8, 4) is 5.75 Å². The van der Waals surface area contributed by atoms with Crippen LogP contribution in [0.2, 0.25) is 0 Å². The first-order chi connectivity index (χ1) is 15.3. The SMILES string of the molecule is CCCCN(Cc1cccn1C)C(=O)CN(CC(C)C)C(=O)Nc1ccc(OCC)cc1. The van der Waals surface area contributed by atoms with Gasteiger partial charge in [0.2, 0.25) is 5.91 Å². The molecule has 0 aliphatic heterocycles. The first-order valence-electron chi connectivity index (χ1n) is 11.5. The maximum atomic E-state index is 13.2. The van der Waals surface area contributed by atoms with Crippen molar-refractivity contribution in [2.24, 2.45) is 13.0 Å². The van der Waals surface area contributed by atoms with E-state index < -0.39 is 0 Å². The van der Waals surface area contributed by atoms with E-state index in [-0.39, 0.29) is 24.4 Å². The maximum Gasteiger partial charge on any atom is 0.322 e. The fraction of sp³-hybridized carbons (Fsp3) is 0.520. The molecule has 2 rings (SSSR count). The number of aromatic nitrogens is 1. The van der Waals surface area contributed by atoms with Gasteiger partial charge in [-0.15, -0.1) is 0 Å². The second-order valence-corrected chi connectivity index (χ2v) is 8.44. The normalized spacial score (nSPS) is 10.8. The van der Waals surface area contributed by atoms with Crippen molar-refractivity contribution in [1.29, 1.82) is 0 Å². The van der Waals surface area contributed by atoms with Gasteiger partial charge in [0.1, 0.15) is 12.3 Å². The van der Waals surface area contributed by atoms with Gasteiger partial charge >= 0.3 is 6.03 Å². The number of nitrogens with one attached hydrogen (secondary N) is 1. The third-order valence-electron chi connectivity index (χ3n) is 5.15. The van der Waals surface area contributed by atoms with Gasteiger partial charge in [0.15, 0.2) is 0 Å². The van der Waals surface area contributed by atoms with Crippen LogP contribution in [-0.4, -0.2) is 52.5 Å². The van der Waals surface area contributed by atoms with Crippen LogP contribution < -0.4 is 10.1 Å².